The molecule has 0 unspecified atom stereocenters. The zero-order valence-corrected chi connectivity index (χ0v) is 8.94. The van der Waals surface area contributed by atoms with E-state index in [2.05, 4.69) is 10.6 Å². The van der Waals surface area contributed by atoms with Gasteiger partial charge in [-0.2, -0.15) is 0 Å². The quantitative estimate of drug-likeness (QED) is 0.603. The number of rotatable bonds is 5. The summed E-state index contributed by atoms with van der Waals surface area (Å²) in [7, 11) is 1.85. The first-order valence-electron chi connectivity index (χ1n) is 4.49. The van der Waals surface area contributed by atoms with Gasteiger partial charge in [-0.1, -0.05) is 0 Å². The summed E-state index contributed by atoms with van der Waals surface area (Å²) in [6, 6.07) is 0. The molecule has 0 aromatic rings. The van der Waals surface area contributed by atoms with Crippen molar-refractivity contribution in [2.75, 3.05) is 26.8 Å². The van der Waals surface area contributed by atoms with E-state index in [1.807, 2.05) is 27.8 Å². The van der Waals surface area contributed by atoms with Crippen LogP contribution in [0.5, 0.6) is 0 Å². The van der Waals surface area contributed by atoms with Crippen molar-refractivity contribution in [2.45, 2.75) is 26.3 Å². The number of nitrogens with one attached hydrogen (secondary N) is 2. The first-order chi connectivity index (χ1) is 5.95. The Bertz CT molecular complexity index is 152. The average molecular weight is 188 g/mol. The largest absolute Gasteiger partial charge is 0.370 e. The van der Waals surface area contributed by atoms with E-state index in [4.69, 9.17) is 4.74 Å². The monoisotopic (exact) mass is 188 g/mol. The van der Waals surface area contributed by atoms with Crippen LogP contribution in [-0.2, 0) is 9.53 Å². The molecule has 1 amide bonds. The first kappa shape index (κ1) is 12.4. The number of hydrogen-bond donors (Lipinski definition) is 2. The molecular formula is C9H20N2O2. The third-order valence-corrected chi connectivity index (χ3v) is 1.24. The summed E-state index contributed by atoms with van der Waals surface area (Å²) in [5.74, 6) is -0.0661. The lowest BCUT2D eigenvalue weighted by molar-refractivity contribution is -0.127. The van der Waals surface area contributed by atoms with Crippen molar-refractivity contribution in [3.05, 3.63) is 0 Å². The number of hydrogen-bond acceptors (Lipinski definition) is 3. The molecule has 0 spiro atoms. The van der Waals surface area contributed by atoms with Gasteiger partial charge in [0.15, 0.2) is 0 Å². The molecule has 0 rings (SSSR count). The fourth-order valence-corrected chi connectivity index (χ4v) is 0.793. The highest BCUT2D eigenvalue weighted by atomic mass is 16.5. The van der Waals surface area contributed by atoms with Gasteiger partial charge in [0.2, 0.25) is 5.91 Å². The zero-order chi connectivity index (χ0) is 10.3. The van der Waals surface area contributed by atoms with E-state index in [1.165, 1.54) is 0 Å². The van der Waals surface area contributed by atoms with Crippen molar-refractivity contribution < 1.29 is 9.53 Å². The molecule has 0 saturated carbocycles. The van der Waals surface area contributed by atoms with Gasteiger partial charge in [0.25, 0.3) is 0 Å². The number of ether oxygens (including phenoxy) is 1. The van der Waals surface area contributed by atoms with Gasteiger partial charge >= 0.3 is 0 Å². The lowest BCUT2D eigenvalue weighted by atomic mass is 10.1. The molecule has 0 aliphatic heterocycles. The average Bonchev–Trinajstić information content (AvgIpc) is 1.94. The van der Waals surface area contributed by atoms with Gasteiger partial charge in [-0.3, -0.25) is 4.79 Å². The second-order valence-corrected chi connectivity index (χ2v) is 3.95. The van der Waals surface area contributed by atoms with Gasteiger partial charge in [-0.05, 0) is 27.8 Å². The SMILES string of the molecule is CNCCOCC(=O)NC(C)(C)C. The fraction of sp³-hybridized carbons (Fsp3) is 0.889. The molecule has 78 valence electrons. The summed E-state index contributed by atoms with van der Waals surface area (Å²) in [4.78, 5) is 11.2. The van der Waals surface area contributed by atoms with Gasteiger partial charge in [-0.15, -0.1) is 0 Å². The van der Waals surface area contributed by atoms with Gasteiger partial charge in [-0.25, -0.2) is 0 Å². The number of amides is 1. The van der Waals surface area contributed by atoms with Crippen LogP contribution in [0.15, 0.2) is 0 Å². The van der Waals surface area contributed by atoms with E-state index in [9.17, 15) is 4.79 Å². The van der Waals surface area contributed by atoms with Gasteiger partial charge in [0, 0.05) is 12.1 Å². The lowest BCUT2D eigenvalue weighted by Gasteiger charge is -2.20. The number of carbonyl (C=O) groups excluding carboxylic acids is 1. The predicted molar refractivity (Wildman–Crippen MR) is 52.6 cm³/mol. The molecule has 0 fully saturated rings. The molecule has 4 heteroatoms. The Labute approximate surface area is 80.0 Å². The van der Waals surface area contributed by atoms with Crippen LogP contribution in [0.25, 0.3) is 0 Å². The van der Waals surface area contributed by atoms with E-state index < -0.39 is 0 Å². The van der Waals surface area contributed by atoms with Crippen molar-refractivity contribution in [3.8, 4) is 0 Å². The Hall–Kier alpha value is -0.610. The van der Waals surface area contributed by atoms with Crippen LogP contribution in [0.1, 0.15) is 20.8 Å². The third kappa shape index (κ3) is 9.30. The van der Waals surface area contributed by atoms with Crippen LogP contribution in [-0.4, -0.2) is 38.3 Å². The van der Waals surface area contributed by atoms with Crippen LogP contribution < -0.4 is 10.6 Å². The molecule has 0 aliphatic carbocycles. The maximum absolute atomic E-state index is 11.2. The van der Waals surface area contributed by atoms with E-state index in [-0.39, 0.29) is 18.1 Å². The molecule has 0 aliphatic rings. The smallest absolute Gasteiger partial charge is 0.246 e. The second kappa shape index (κ2) is 5.94. The van der Waals surface area contributed by atoms with Gasteiger partial charge in [0.05, 0.1) is 6.61 Å². The topological polar surface area (TPSA) is 50.4 Å². The van der Waals surface area contributed by atoms with Crippen LogP contribution in [0.2, 0.25) is 0 Å². The van der Waals surface area contributed by atoms with Crippen LogP contribution in [0.3, 0.4) is 0 Å². The summed E-state index contributed by atoms with van der Waals surface area (Å²) >= 11 is 0. The highest BCUT2D eigenvalue weighted by Gasteiger charge is 2.12. The molecule has 0 bridgehead atoms. The Morgan fingerprint density at radius 2 is 2.00 bits per heavy atom. The molecular weight excluding hydrogens is 168 g/mol. The van der Waals surface area contributed by atoms with Crippen molar-refractivity contribution in [1.29, 1.82) is 0 Å². The molecule has 0 atom stereocenters. The maximum Gasteiger partial charge on any atom is 0.246 e. The van der Waals surface area contributed by atoms with Crippen LogP contribution in [0.4, 0.5) is 0 Å². The first-order valence-corrected chi connectivity index (χ1v) is 4.49. The Morgan fingerprint density at radius 1 is 1.38 bits per heavy atom. The van der Waals surface area contributed by atoms with Crippen molar-refractivity contribution in [1.82, 2.24) is 10.6 Å². The number of likely N-dealkylation sites (N-methyl/N-ethyl adjacent to an activating group) is 1. The highest BCUT2D eigenvalue weighted by molar-refractivity contribution is 5.77. The van der Waals surface area contributed by atoms with Crippen molar-refractivity contribution in [3.63, 3.8) is 0 Å². The molecule has 2 N–H and O–H groups in total. The van der Waals surface area contributed by atoms with E-state index in [0.29, 0.717) is 6.61 Å². The lowest BCUT2D eigenvalue weighted by Crippen LogP contribution is -2.42. The predicted octanol–water partition coefficient (Wildman–Crippen LogP) is 0.137. The van der Waals surface area contributed by atoms with Gasteiger partial charge < -0.3 is 15.4 Å². The standard InChI is InChI=1S/C9H20N2O2/c1-9(2,3)11-8(12)7-13-6-5-10-4/h10H,5-7H2,1-4H3,(H,11,12). The summed E-state index contributed by atoms with van der Waals surface area (Å²) in [6.07, 6.45) is 0. The second-order valence-electron chi connectivity index (χ2n) is 3.95. The number of carbonyl (C=O) groups is 1. The fourth-order valence-electron chi connectivity index (χ4n) is 0.793. The molecule has 4 nitrogen and oxygen atoms in total. The van der Waals surface area contributed by atoms with Crippen LogP contribution >= 0.6 is 0 Å². The Balaban J connectivity index is 3.41. The minimum Gasteiger partial charge on any atom is -0.370 e. The minimum absolute atomic E-state index is 0.0661. The normalized spacial score (nSPS) is 11.4. The molecule has 0 aromatic carbocycles. The summed E-state index contributed by atoms with van der Waals surface area (Å²) in [6.45, 7) is 7.30. The van der Waals surface area contributed by atoms with E-state index in [0.717, 1.165) is 6.54 Å². The van der Waals surface area contributed by atoms with E-state index in [1.54, 1.807) is 0 Å². The molecule has 0 saturated heterocycles. The van der Waals surface area contributed by atoms with Crippen molar-refractivity contribution in [2.24, 2.45) is 0 Å². The third-order valence-electron chi connectivity index (χ3n) is 1.24. The summed E-state index contributed by atoms with van der Waals surface area (Å²) in [5.41, 5.74) is -0.177. The Morgan fingerprint density at radius 3 is 2.46 bits per heavy atom. The van der Waals surface area contributed by atoms with Crippen molar-refractivity contribution >= 4 is 5.91 Å². The molecule has 13 heavy (non-hydrogen) atoms. The zero-order valence-electron chi connectivity index (χ0n) is 8.94. The van der Waals surface area contributed by atoms with Gasteiger partial charge in [0.1, 0.15) is 6.61 Å². The molecule has 0 radical (unpaired) electrons. The molecule has 0 heterocycles. The summed E-state index contributed by atoms with van der Waals surface area (Å²) < 4.78 is 5.11. The molecule has 0 aromatic heterocycles. The summed E-state index contributed by atoms with van der Waals surface area (Å²) in [5, 5.41) is 5.74. The Kier molecular flexibility index (Phi) is 5.66. The highest BCUT2D eigenvalue weighted by Crippen LogP contribution is 1.97. The van der Waals surface area contributed by atoms with Crippen LogP contribution in [0, 0.1) is 0 Å². The maximum atomic E-state index is 11.2. The minimum atomic E-state index is -0.177. The van der Waals surface area contributed by atoms with E-state index >= 15 is 0 Å².